The zero-order chi connectivity index (χ0) is 15.8. The predicted octanol–water partition coefficient (Wildman–Crippen LogP) is 2.84. The summed E-state index contributed by atoms with van der Waals surface area (Å²) < 4.78 is 16.0. The van der Waals surface area contributed by atoms with Gasteiger partial charge < -0.3 is 13.9 Å². The van der Waals surface area contributed by atoms with Gasteiger partial charge in [0.25, 0.3) is 0 Å². The molecule has 0 unspecified atom stereocenters. The third-order valence-corrected chi connectivity index (χ3v) is 2.69. The molecule has 22 heavy (non-hydrogen) atoms. The summed E-state index contributed by atoms with van der Waals surface area (Å²) in [6, 6.07) is 8.64. The molecule has 0 aliphatic carbocycles. The van der Waals surface area contributed by atoms with Crippen LogP contribution in [0.25, 0.3) is 0 Å². The molecule has 0 saturated heterocycles. The molecule has 6 heteroatoms. The first kappa shape index (κ1) is 15.6. The summed E-state index contributed by atoms with van der Waals surface area (Å²) in [5, 5.41) is 3.89. The lowest BCUT2D eigenvalue weighted by molar-refractivity contribution is 0.0927. The van der Waals surface area contributed by atoms with Crippen molar-refractivity contribution in [1.29, 1.82) is 0 Å². The second-order valence-electron chi connectivity index (χ2n) is 4.25. The number of hydrogen-bond acceptors (Lipinski definition) is 5. The van der Waals surface area contributed by atoms with Gasteiger partial charge in [-0.3, -0.25) is 4.79 Å². The van der Waals surface area contributed by atoms with Crippen molar-refractivity contribution in [3.63, 3.8) is 0 Å². The van der Waals surface area contributed by atoms with Gasteiger partial charge in [0.05, 0.1) is 25.7 Å². The Bertz CT molecular complexity index is 636. The fraction of sp³-hybridized carbons (Fsp3) is 0.250. The number of hydrazone groups is 1. The van der Waals surface area contributed by atoms with Crippen LogP contribution >= 0.6 is 0 Å². The van der Waals surface area contributed by atoms with Crippen LogP contribution in [0.3, 0.4) is 0 Å². The van der Waals surface area contributed by atoms with Gasteiger partial charge in [0.15, 0.2) is 17.3 Å². The van der Waals surface area contributed by atoms with Crippen LogP contribution in [0.5, 0.6) is 11.5 Å². The molecule has 2 rings (SSSR count). The average Bonchev–Trinajstić information content (AvgIpc) is 3.04. The van der Waals surface area contributed by atoms with E-state index in [0.717, 1.165) is 5.56 Å². The van der Waals surface area contributed by atoms with Gasteiger partial charge in [-0.2, -0.15) is 5.10 Å². The van der Waals surface area contributed by atoms with E-state index in [1.165, 1.54) is 12.5 Å². The van der Waals surface area contributed by atoms with Crippen LogP contribution in [0.4, 0.5) is 0 Å². The smallest absolute Gasteiger partial charge is 0.307 e. The standard InChI is InChI=1S/C16H18N2O4/c1-3-20-13-8-7-12(10-15(13)21-4-2)11-17-18-16(19)14-6-5-9-22-14/h5-11H,3-4H2,1-2H3,(H,18,19)/b17-11-. The van der Waals surface area contributed by atoms with E-state index in [0.29, 0.717) is 24.7 Å². The van der Waals surface area contributed by atoms with Crippen molar-refractivity contribution in [2.75, 3.05) is 13.2 Å². The number of rotatable bonds is 7. The first-order chi connectivity index (χ1) is 10.7. The maximum absolute atomic E-state index is 11.6. The van der Waals surface area contributed by atoms with Gasteiger partial charge in [0, 0.05) is 0 Å². The lowest BCUT2D eigenvalue weighted by atomic mass is 10.2. The maximum Gasteiger partial charge on any atom is 0.307 e. The van der Waals surface area contributed by atoms with Crippen molar-refractivity contribution < 1.29 is 18.7 Å². The number of carbonyl (C=O) groups excluding carboxylic acids is 1. The van der Waals surface area contributed by atoms with Crippen LogP contribution in [-0.2, 0) is 0 Å². The molecule has 1 heterocycles. The summed E-state index contributed by atoms with van der Waals surface area (Å²) in [5.41, 5.74) is 3.17. The SMILES string of the molecule is CCOc1ccc(/C=N\NC(=O)c2ccco2)cc1OCC. The van der Waals surface area contributed by atoms with E-state index >= 15 is 0 Å². The molecule has 1 aromatic heterocycles. The molecule has 0 spiro atoms. The zero-order valence-corrected chi connectivity index (χ0v) is 12.5. The summed E-state index contributed by atoms with van der Waals surface area (Å²) in [7, 11) is 0. The molecular weight excluding hydrogens is 284 g/mol. The Morgan fingerprint density at radius 1 is 1.23 bits per heavy atom. The summed E-state index contributed by atoms with van der Waals surface area (Å²) in [6.07, 6.45) is 2.96. The molecule has 0 aliphatic rings. The van der Waals surface area contributed by atoms with Crippen molar-refractivity contribution in [2.24, 2.45) is 5.10 Å². The van der Waals surface area contributed by atoms with Gasteiger partial charge >= 0.3 is 5.91 Å². The van der Waals surface area contributed by atoms with Crippen LogP contribution in [0, 0.1) is 0 Å². The van der Waals surface area contributed by atoms with Crippen molar-refractivity contribution in [3.05, 3.63) is 47.9 Å². The first-order valence-corrected chi connectivity index (χ1v) is 7.01. The molecule has 1 amide bonds. The fourth-order valence-electron chi connectivity index (χ4n) is 1.78. The molecule has 0 saturated carbocycles. The normalized spacial score (nSPS) is 10.6. The molecule has 0 atom stereocenters. The van der Waals surface area contributed by atoms with E-state index in [2.05, 4.69) is 10.5 Å². The number of carbonyl (C=O) groups is 1. The molecule has 0 bridgehead atoms. The van der Waals surface area contributed by atoms with Gasteiger partial charge in [-0.1, -0.05) is 0 Å². The minimum Gasteiger partial charge on any atom is -0.490 e. The summed E-state index contributed by atoms with van der Waals surface area (Å²) in [4.78, 5) is 11.6. The Morgan fingerprint density at radius 3 is 2.68 bits per heavy atom. The number of hydrogen-bond donors (Lipinski definition) is 1. The quantitative estimate of drug-likeness (QED) is 0.630. The third-order valence-electron chi connectivity index (χ3n) is 2.69. The molecule has 6 nitrogen and oxygen atoms in total. The highest BCUT2D eigenvalue weighted by atomic mass is 16.5. The van der Waals surface area contributed by atoms with E-state index in [1.54, 1.807) is 18.2 Å². The van der Waals surface area contributed by atoms with Crippen molar-refractivity contribution in [3.8, 4) is 11.5 Å². The Kier molecular flexibility index (Phi) is 5.59. The van der Waals surface area contributed by atoms with E-state index in [4.69, 9.17) is 13.9 Å². The molecule has 2 aromatic rings. The number of nitrogens with zero attached hydrogens (tertiary/aromatic N) is 1. The summed E-state index contributed by atoms with van der Waals surface area (Å²) in [6.45, 7) is 4.91. The fourth-order valence-corrected chi connectivity index (χ4v) is 1.78. The van der Waals surface area contributed by atoms with Crippen LogP contribution in [0.2, 0.25) is 0 Å². The largest absolute Gasteiger partial charge is 0.490 e. The second-order valence-corrected chi connectivity index (χ2v) is 4.25. The van der Waals surface area contributed by atoms with E-state index in [-0.39, 0.29) is 5.76 Å². The molecular formula is C16H18N2O4. The average molecular weight is 302 g/mol. The zero-order valence-electron chi connectivity index (χ0n) is 12.5. The van der Waals surface area contributed by atoms with Crippen LogP contribution in [0.1, 0.15) is 30.0 Å². The highest BCUT2D eigenvalue weighted by Crippen LogP contribution is 2.27. The van der Waals surface area contributed by atoms with E-state index < -0.39 is 5.91 Å². The minimum absolute atomic E-state index is 0.207. The number of benzene rings is 1. The summed E-state index contributed by atoms with van der Waals surface area (Å²) in [5.74, 6) is 1.13. The van der Waals surface area contributed by atoms with Crippen molar-refractivity contribution in [1.82, 2.24) is 5.43 Å². The molecule has 0 radical (unpaired) electrons. The van der Waals surface area contributed by atoms with Gasteiger partial charge in [-0.25, -0.2) is 5.43 Å². The number of furan rings is 1. The van der Waals surface area contributed by atoms with Crippen LogP contribution in [-0.4, -0.2) is 25.3 Å². The lowest BCUT2D eigenvalue weighted by Crippen LogP contribution is -2.16. The third kappa shape index (κ3) is 4.12. The molecule has 116 valence electrons. The number of ether oxygens (including phenoxy) is 2. The van der Waals surface area contributed by atoms with Crippen molar-refractivity contribution >= 4 is 12.1 Å². The molecule has 1 N–H and O–H groups in total. The Hall–Kier alpha value is -2.76. The summed E-state index contributed by atoms with van der Waals surface area (Å²) >= 11 is 0. The van der Waals surface area contributed by atoms with E-state index in [1.807, 2.05) is 26.0 Å². The monoisotopic (exact) mass is 302 g/mol. The first-order valence-electron chi connectivity index (χ1n) is 7.01. The highest BCUT2D eigenvalue weighted by molar-refractivity contribution is 5.92. The molecule has 1 aromatic carbocycles. The molecule has 0 aliphatic heterocycles. The highest BCUT2D eigenvalue weighted by Gasteiger charge is 2.07. The Labute approximate surface area is 128 Å². The maximum atomic E-state index is 11.6. The van der Waals surface area contributed by atoms with Crippen molar-refractivity contribution in [2.45, 2.75) is 13.8 Å². The Morgan fingerprint density at radius 2 is 2.00 bits per heavy atom. The van der Waals surface area contributed by atoms with Crippen LogP contribution < -0.4 is 14.9 Å². The second kappa shape index (κ2) is 7.87. The van der Waals surface area contributed by atoms with Gasteiger partial charge in [0.2, 0.25) is 0 Å². The van der Waals surface area contributed by atoms with Gasteiger partial charge in [0.1, 0.15) is 0 Å². The number of amides is 1. The van der Waals surface area contributed by atoms with Gasteiger partial charge in [-0.15, -0.1) is 0 Å². The Balaban J connectivity index is 2.04. The van der Waals surface area contributed by atoms with E-state index in [9.17, 15) is 4.79 Å². The van der Waals surface area contributed by atoms with Crippen LogP contribution in [0.15, 0.2) is 46.1 Å². The lowest BCUT2D eigenvalue weighted by Gasteiger charge is -2.11. The predicted molar refractivity (Wildman–Crippen MR) is 82.5 cm³/mol. The van der Waals surface area contributed by atoms with Gasteiger partial charge in [-0.05, 0) is 49.7 Å². The topological polar surface area (TPSA) is 73.1 Å². The minimum atomic E-state index is -0.405. The molecule has 0 fully saturated rings. The number of nitrogens with one attached hydrogen (secondary N) is 1.